The van der Waals surface area contributed by atoms with Crippen LogP contribution < -0.4 is 65.7 Å². The van der Waals surface area contributed by atoms with Crippen LogP contribution in [-0.2, 0) is 66.5 Å². The molecule has 3 saturated carbocycles. The van der Waals surface area contributed by atoms with Crippen LogP contribution in [0.3, 0.4) is 0 Å². The third-order valence-electron chi connectivity index (χ3n) is 23.0. The molecular formula is C95H104Cl4F12LiN15O16S3. The molecule has 0 radical (unpaired) electrons. The van der Waals surface area contributed by atoms with Gasteiger partial charge in [0.1, 0.15) is 109 Å². The number of nitrogens with zero attached hydrogens (tertiary/aromatic N) is 14. The zero-order valence-electron chi connectivity index (χ0n) is 81.0. The van der Waals surface area contributed by atoms with Gasteiger partial charge in [-0.3, -0.25) is 9.52 Å². The second kappa shape index (κ2) is 52.8. The van der Waals surface area contributed by atoms with E-state index in [9.17, 15) is 88.2 Å². The molecule has 786 valence electrons. The first-order chi connectivity index (χ1) is 68.0. The summed E-state index contributed by atoms with van der Waals surface area (Å²) in [6, 6.07) is 29.0. The van der Waals surface area contributed by atoms with E-state index < -0.39 is 118 Å². The number of likely N-dealkylation sites (N-methyl/N-ethyl adjacent to an activating group) is 3. The molecule has 0 aliphatic heterocycles. The van der Waals surface area contributed by atoms with Crippen molar-refractivity contribution in [3.05, 3.63) is 266 Å². The molecule has 14 rings (SSSR count). The van der Waals surface area contributed by atoms with E-state index in [4.69, 9.17) is 84.7 Å². The molecule has 6 heterocycles. The zero-order valence-corrected chi connectivity index (χ0v) is 86.5. The van der Waals surface area contributed by atoms with Crippen molar-refractivity contribution < 1.29 is 145 Å². The first-order valence-electron chi connectivity index (χ1n) is 43.9. The van der Waals surface area contributed by atoms with Gasteiger partial charge in [0.15, 0.2) is 15.5 Å². The number of hydrogen-bond acceptors (Lipinski definition) is 27. The average molecular weight is 2180 g/mol. The van der Waals surface area contributed by atoms with Crippen molar-refractivity contribution in [3.8, 4) is 34.8 Å². The first-order valence-corrected chi connectivity index (χ1v) is 49.8. The number of carbonyl (C=O) groups is 1. The number of benzene rings is 5. The van der Waals surface area contributed by atoms with Gasteiger partial charge in [0, 0.05) is 84.2 Å². The van der Waals surface area contributed by atoms with Crippen molar-refractivity contribution in [3.63, 3.8) is 0 Å². The van der Waals surface area contributed by atoms with Crippen LogP contribution >= 0.6 is 46.4 Å². The van der Waals surface area contributed by atoms with Crippen LogP contribution in [0.1, 0.15) is 141 Å². The fraction of sp³-hybridized carbons (Fsp3) is 0.389. The Morgan fingerprint density at radius 2 is 0.795 bits per heavy atom. The average Bonchev–Trinajstić information content (AvgIpc) is 0.778. The van der Waals surface area contributed by atoms with Crippen LogP contribution in [0.25, 0.3) is 0 Å². The van der Waals surface area contributed by atoms with E-state index in [1.165, 1.54) is 121 Å². The molecule has 3 aliphatic rings. The summed E-state index contributed by atoms with van der Waals surface area (Å²) in [5, 5.41) is 26.1. The molecule has 0 spiro atoms. The molecule has 0 bridgehead atoms. The Labute approximate surface area is 868 Å². The summed E-state index contributed by atoms with van der Waals surface area (Å²) in [6.07, 6.45) is -3.64. The maximum atomic E-state index is 14.7. The van der Waals surface area contributed by atoms with Crippen molar-refractivity contribution in [2.75, 3.05) is 84.1 Å². The van der Waals surface area contributed by atoms with Crippen molar-refractivity contribution in [2.45, 2.75) is 185 Å². The molecule has 0 unspecified atom stereocenters. The number of anilines is 3. The molecule has 0 saturated heterocycles. The molecule has 9 atom stereocenters. The van der Waals surface area contributed by atoms with Gasteiger partial charge in [0.05, 0.1) is 64.3 Å². The van der Waals surface area contributed by atoms with E-state index in [0.717, 1.165) is 63.2 Å². The fourth-order valence-electron chi connectivity index (χ4n) is 16.0. The van der Waals surface area contributed by atoms with E-state index in [2.05, 4.69) is 49.6 Å². The number of nitrogens with one attached hydrogen (secondary N) is 1. The third-order valence-corrected chi connectivity index (χ3v) is 29.3. The smallest absolute Gasteiger partial charge is 0.850 e. The number of rotatable bonds is 27. The molecule has 51 heteroatoms. The SMILES string of the molecule is CC(C)(C)[O-].CN(C)[C@H]1C[C@@H](c2cc(C(F)(F)F)ccc2F)CC[C@@H]1O.CN(C)[C@H]1C[C@@H](c2cc(C(F)(F)F)ccc2F)CC[C@@H]1Oc1ccc(S(=O)(=O)Nc2ccncn2)c(Cl)n1.COc1ccc(CN(c2ccncn2)S(=O)(=O)c2ccc(Cl)nc2Cl)c(OC)c1.COc1ccc(CN(c2ccncn2)S(=O)(=O)c2ccc(O[C@H]3CC[C@H](c4cc(C(F)(F)F)ccc4F)C[C@@H]3N(C)C)nc2Cl)c(OC)c1.O=CO.[Li+]. The summed E-state index contributed by atoms with van der Waals surface area (Å²) in [7, 11) is 4.16. The van der Waals surface area contributed by atoms with Gasteiger partial charge in [-0.15, -0.1) is 5.60 Å². The van der Waals surface area contributed by atoms with Gasteiger partial charge in [0.25, 0.3) is 36.5 Å². The number of aromatic nitrogens is 9. The minimum atomic E-state index is -4.59. The van der Waals surface area contributed by atoms with Crippen LogP contribution in [0.4, 0.5) is 70.1 Å². The fourth-order valence-corrected chi connectivity index (χ4v) is 21.3. The van der Waals surface area contributed by atoms with E-state index in [0.29, 0.717) is 91.9 Å². The van der Waals surface area contributed by atoms with Crippen LogP contribution in [0.15, 0.2) is 198 Å². The Hall–Kier alpha value is -11.0. The minimum absolute atomic E-state index is 0. The number of hydrogen-bond donors (Lipinski definition) is 3. The zero-order chi connectivity index (χ0) is 107. The first kappa shape index (κ1) is 120. The molecule has 31 nitrogen and oxygen atoms in total. The van der Waals surface area contributed by atoms with Gasteiger partial charge in [-0.05, 0) is 244 Å². The summed E-state index contributed by atoms with van der Waals surface area (Å²) in [4.78, 5) is 48.8. The quantitative estimate of drug-likeness (QED) is 0.0186. The summed E-state index contributed by atoms with van der Waals surface area (Å²) in [6.45, 7) is 4.39. The number of pyridine rings is 3. The number of sulfonamides is 3. The van der Waals surface area contributed by atoms with Crippen LogP contribution in [0.5, 0.6) is 34.8 Å². The third kappa shape index (κ3) is 33.0. The van der Waals surface area contributed by atoms with Crippen LogP contribution in [0, 0.1) is 17.5 Å². The topological polar surface area (TPSA) is 383 Å². The normalized spacial score (nSPS) is 18.1. The molecule has 3 N–H and O–H groups in total. The van der Waals surface area contributed by atoms with Crippen molar-refractivity contribution in [1.29, 1.82) is 0 Å². The number of methoxy groups -OCH3 is 4. The van der Waals surface area contributed by atoms with E-state index in [-0.39, 0.29) is 144 Å². The van der Waals surface area contributed by atoms with Gasteiger partial charge in [-0.1, -0.05) is 67.2 Å². The summed E-state index contributed by atoms with van der Waals surface area (Å²) in [5.74, 6) is -0.841. The van der Waals surface area contributed by atoms with E-state index >= 15 is 0 Å². The minimum Gasteiger partial charge on any atom is -0.850 e. The second-order valence-corrected chi connectivity index (χ2v) is 41.2. The Balaban J connectivity index is 0.000000240. The Morgan fingerprint density at radius 3 is 1.12 bits per heavy atom. The molecule has 3 aliphatic carbocycles. The van der Waals surface area contributed by atoms with Crippen LogP contribution in [-0.4, -0.2) is 214 Å². The monoisotopic (exact) mass is 2180 g/mol. The molecule has 11 aromatic rings. The van der Waals surface area contributed by atoms with Gasteiger partial charge in [-0.25, -0.2) is 91.9 Å². The molecule has 6 aromatic heterocycles. The molecule has 0 amide bonds. The summed E-state index contributed by atoms with van der Waals surface area (Å²) >= 11 is 24.6. The van der Waals surface area contributed by atoms with E-state index in [1.807, 2.05) is 14.7 Å². The predicted octanol–water partition coefficient (Wildman–Crippen LogP) is 15.7. The maximum Gasteiger partial charge on any atom is 1.00 e. The summed E-state index contributed by atoms with van der Waals surface area (Å²) < 4.78 is 280. The number of carboxylic acid groups (broad SMARTS) is 1. The predicted molar refractivity (Wildman–Crippen MR) is 515 cm³/mol. The Kier molecular flexibility index (Phi) is 43.5. The van der Waals surface area contributed by atoms with Gasteiger partial charge in [-0.2, -0.15) is 39.5 Å². The van der Waals surface area contributed by atoms with Crippen molar-refractivity contribution >= 4 is 100 Å². The maximum absolute atomic E-state index is 14.7. The Bertz CT molecular complexity index is 6530. The Morgan fingerprint density at radius 1 is 0.452 bits per heavy atom. The molecular weight excluding hydrogens is 2080 g/mol. The molecule has 5 aromatic carbocycles. The molecule has 146 heavy (non-hydrogen) atoms. The van der Waals surface area contributed by atoms with E-state index in [1.54, 1.807) is 99.5 Å². The van der Waals surface area contributed by atoms with Crippen LogP contribution in [0.2, 0.25) is 20.6 Å². The number of alkyl halides is 9. The number of ether oxygens (including phenoxy) is 6. The summed E-state index contributed by atoms with van der Waals surface area (Å²) in [5.41, 5.74) is -2.13. The number of aliphatic hydroxyl groups excluding tert-OH is 1. The molecule has 3 fully saturated rings. The van der Waals surface area contributed by atoms with Crippen molar-refractivity contribution in [2.24, 2.45) is 0 Å². The standard InChI is InChI=1S/C33H34ClF4N5O5S.C24H24ClF4N5O3S.C18H16Cl2N4O4S.C15H19F4NO.C4H9O.CH2O2.Li/c1-42(2)26-15-20(24-16-22(33(36,37)38)7-9-25(24)35)6-10-27(26)48-31-12-11-29(32(34)41-31)49(44,45)43(30-13-14-39-19-40-30)18-21-5-8-23(46-3)17-28(21)47-4;1-34(2)18-11-14(16-12-15(24(27,28)29)4-5-17(16)26)3-6-19(18)37-22-8-7-20(23(25)32-22)38(35,36)33-21-9-10-30-13-31-21;1-27-13-4-3-12(14(9-13)28-2)10-24(17-7-8-21-11-22-17)29(25,26)15-5-6-16(19)23-18(15)20;1-20(2)13-7-9(3-6-14(13)21)11-8-10(15(17,18)19)4-5-12(11)16;1-4(2,3)5;2-1-3;/h5,7-9,11-14,16-17,19-20,26-27H,6,10,15,18H2,1-4H3;4-5,7-10,12-14,18-19H,3,6,11H2,1-2H3,(H,30,31,33);3-9,11H,10H2,1-2H3;4-5,8-9,13-14,21H,3,6-7H2,1-2H3;1-3H3;1H,(H,2,3);/q;;;;-1;;+1/t20-,26-,27-;14-,18-,19-;;9-,13-,14-;;;/m00.0.../s1. The largest absolute Gasteiger partial charge is 1.00 e. The number of aliphatic hydroxyl groups is 1. The number of halogens is 16. The van der Waals surface area contributed by atoms with Gasteiger partial charge >= 0.3 is 37.4 Å². The van der Waals surface area contributed by atoms with Gasteiger partial charge < -0.3 is 58.4 Å². The second-order valence-electron chi connectivity index (χ2n) is 34.4. The van der Waals surface area contributed by atoms with Crippen molar-refractivity contribution in [1.82, 2.24) is 59.6 Å². The van der Waals surface area contributed by atoms with Gasteiger partial charge in [0.2, 0.25) is 11.8 Å².